The molecule has 1 aliphatic rings. The van der Waals surface area contributed by atoms with Crippen LogP contribution >= 0.6 is 11.6 Å². The lowest BCUT2D eigenvalue weighted by molar-refractivity contribution is -0.0838. The van der Waals surface area contributed by atoms with Crippen LogP contribution in [0.5, 0.6) is 0 Å². The molecular weight excluding hydrogens is 348 g/mol. The van der Waals surface area contributed by atoms with Crippen molar-refractivity contribution in [2.45, 2.75) is 44.1 Å². The second-order valence-electron chi connectivity index (χ2n) is 7.54. The number of hydrogen-bond donors (Lipinski definition) is 1. The van der Waals surface area contributed by atoms with Gasteiger partial charge in [-0.15, -0.1) is 0 Å². The normalized spacial score (nSPS) is 22.0. The Kier molecular flexibility index (Phi) is 5.64. The summed E-state index contributed by atoms with van der Waals surface area (Å²) in [5.41, 5.74) is 1.60. The number of pyridine rings is 1. The van der Waals surface area contributed by atoms with Crippen molar-refractivity contribution < 1.29 is 9.53 Å². The van der Waals surface area contributed by atoms with E-state index in [-0.39, 0.29) is 16.9 Å². The molecule has 0 unspecified atom stereocenters. The van der Waals surface area contributed by atoms with Crippen molar-refractivity contribution in [2.24, 2.45) is 0 Å². The highest BCUT2D eigenvalue weighted by molar-refractivity contribution is 6.33. The molecule has 5 heteroatoms. The number of aromatic nitrogens is 1. The van der Waals surface area contributed by atoms with Crippen molar-refractivity contribution >= 4 is 17.5 Å². The number of nitrogens with zero attached hydrogens (tertiary/aromatic N) is 1. The smallest absolute Gasteiger partial charge is 0.252 e. The lowest BCUT2D eigenvalue weighted by Gasteiger charge is -2.45. The fourth-order valence-corrected chi connectivity index (χ4v) is 4.15. The molecule has 2 heterocycles. The molecule has 0 radical (unpaired) electrons. The van der Waals surface area contributed by atoms with E-state index >= 15 is 0 Å². The summed E-state index contributed by atoms with van der Waals surface area (Å²) in [4.78, 5) is 16.3. The zero-order valence-corrected chi connectivity index (χ0v) is 16.1. The highest BCUT2D eigenvalue weighted by Crippen LogP contribution is 2.43. The Bertz CT molecular complexity index is 764. The summed E-state index contributed by atoms with van der Waals surface area (Å²) in [6, 6.07) is 12.2. The Labute approximate surface area is 159 Å². The number of hydrogen-bond acceptors (Lipinski definition) is 3. The highest BCUT2D eigenvalue weighted by atomic mass is 35.5. The standard InChI is InChI=1S/C21H25ClN2O2/c1-20(2)15-21(10-13-26-20,16-6-4-3-5-7-16)9-12-24-19(25)17-8-11-23-14-18(17)22/h3-8,11,14H,9-10,12-13,15H2,1-2H3,(H,24,25)/t21-/m0/s1. The van der Waals surface area contributed by atoms with Crippen molar-refractivity contribution in [2.75, 3.05) is 13.2 Å². The number of halogens is 1. The number of amides is 1. The predicted molar refractivity (Wildman–Crippen MR) is 104 cm³/mol. The Balaban J connectivity index is 1.73. The van der Waals surface area contributed by atoms with Gasteiger partial charge in [0.25, 0.3) is 5.91 Å². The number of rotatable bonds is 5. The van der Waals surface area contributed by atoms with Crippen LogP contribution in [0.2, 0.25) is 5.02 Å². The van der Waals surface area contributed by atoms with Gasteiger partial charge < -0.3 is 10.1 Å². The molecule has 0 bridgehead atoms. The first kappa shape index (κ1) is 18.9. The molecule has 0 saturated carbocycles. The van der Waals surface area contributed by atoms with Crippen molar-refractivity contribution in [3.8, 4) is 0 Å². The predicted octanol–water partition coefficient (Wildman–Crippen LogP) is 4.38. The molecule has 3 rings (SSSR count). The molecule has 4 nitrogen and oxygen atoms in total. The Morgan fingerprint density at radius 1 is 1.27 bits per heavy atom. The van der Waals surface area contributed by atoms with Crippen molar-refractivity contribution in [3.63, 3.8) is 0 Å². The third-order valence-electron chi connectivity index (χ3n) is 5.13. The van der Waals surface area contributed by atoms with Crippen molar-refractivity contribution in [1.29, 1.82) is 0 Å². The third kappa shape index (κ3) is 4.25. The van der Waals surface area contributed by atoms with Crippen LogP contribution < -0.4 is 5.32 Å². The van der Waals surface area contributed by atoms with Crippen LogP contribution in [0.25, 0.3) is 0 Å². The second kappa shape index (κ2) is 7.77. The van der Waals surface area contributed by atoms with Crippen LogP contribution in [0.15, 0.2) is 48.8 Å². The molecule has 138 valence electrons. The van der Waals surface area contributed by atoms with Gasteiger partial charge in [0.1, 0.15) is 0 Å². The average molecular weight is 373 g/mol. The van der Waals surface area contributed by atoms with E-state index in [4.69, 9.17) is 16.3 Å². The number of nitrogens with one attached hydrogen (secondary N) is 1. The molecule has 1 amide bonds. The van der Waals surface area contributed by atoms with Crippen molar-refractivity contribution in [3.05, 3.63) is 64.9 Å². The van der Waals surface area contributed by atoms with Gasteiger partial charge in [0.2, 0.25) is 0 Å². The summed E-state index contributed by atoms with van der Waals surface area (Å²) in [5, 5.41) is 3.39. The molecule has 1 aromatic carbocycles. The zero-order valence-electron chi connectivity index (χ0n) is 15.3. The van der Waals surface area contributed by atoms with Gasteiger partial charge in [-0.3, -0.25) is 9.78 Å². The maximum Gasteiger partial charge on any atom is 0.252 e. The molecule has 1 aromatic heterocycles. The first-order chi connectivity index (χ1) is 12.4. The lowest BCUT2D eigenvalue weighted by Crippen LogP contribution is -2.45. The zero-order chi connectivity index (χ0) is 18.6. The van der Waals surface area contributed by atoms with Gasteiger partial charge in [-0.2, -0.15) is 0 Å². The van der Waals surface area contributed by atoms with Crippen LogP contribution in [0.4, 0.5) is 0 Å². The fraction of sp³-hybridized carbons (Fsp3) is 0.429. The van der Waals surface area contributed by atoms with E-state index in [0.29, 0.717) is 17.1 Å². The van der Waals surface area contributed by atoms with E-state index in [1.807, 2.05) is 6.07 Å². The summed E-state index contributed by atoms with van der Waals surface area (Å²) >= 11 is 6.07. The van der Waals surface area contributed by atoms with E-state index in [0.717, 1.165) is 25.9 Å². The highest BCUT2D eigenvalue weighted by Gasteiger charge is 2.41. The van der Waals surface area contributed by atoms with E-state index < -0.39 is 0 Å². The van der Waals surface area contributed by atoms with Gasteiger partial charge in [-0.25, -0.2) is 0 Å². The summed E-state index contributed by atoms with van der Waals surface area (Å²) in [7, 11) is 0. The maximum atomic E-state index is 12.4. The molecule has 1 saturated heterocycles. The molecule has 1 fully saturated rings. The number of benzene rings is 1. The topological polar surface area (TPSA) is 51.2 Å². The number of carbonyl (C=O) groups excluding carboxylic acids is 1. The van der Waals surface area contributed by atoms with E-state index in [2.05, 4.69) is 48.4 Å². The molecule has 1 N–H and O–H groups in total. The van der Waals surface area contributed by atoms with E-state index in [1.54, 1.807) is 12.3 Å². The largest absolute Gasteiger partial charge is 0.376 e. The second-order valence-corrected chi connectivity index (χ2v) is 7.95. The molecule has 26 heavy (non-hydrogen) atoms. The van der Waals surface area contributed by atoms with Gasteiger partial charge in [0.15, 0.2) is 0 Å². The summed E-state index contributed by atoms with van der Waals surface area (Å²) in [6.07, 6.45) is 5.80. The van der Waals surface area contributed by atoms with Gasteiger partial charge in [0, 0.05) is 31.0 Å². The SMILES string of the molecule is CC1(C)C[C@@](CCNC(=O)c2ccncc2Cl)(c2ccccc2)CCO1. The summed E-state index contributed by atoms with van der Waals surface area (Å²) < 4.78 is 5.94. The van der Waals surface area contributed by atoms with Gasteiger partial charge in [-0.05, 0) is 44.7 Å². The monoisotopic (exact) mass is 372 g/mol. The molecule has 1 aliphatic heterocycles. The number of ether oxygens (including phenoxy) is 1. The first-order valence-electron chi connectivity index (χ1n) is 8.99. The number of carbonyl (C=O) groups is 1. The third-order valence-corrected chi connectivity index (χ3v) is 5.43. The van der Waals surface area contributed by atoms with Crippen LogP contribution in [0, 0.1) is 0 Å². The summed E-state index contributed by atoms with van der Waals surface area (Å²) in [5.74, 6) is -0.160. The Morgan fingerprint density at radius 2 is 2.04 bits per heavy atom. The molecule has 0 aliphatic carbocycles. The van der Waals surface area contributed by atoms with Crippen LogP contribution in [0.3, 0.4) is 0 Å². The van der Waals surface area contributed by atoms with Crippen LogP contribution in [-0.4, -0.2) is 29.6 Å². The minimum absolute atomic E-state index is 0.00166. The van der Waals surface area contributed by atoms with Crippen molar-refractivity contribution in [1.82, 2.24) is 10.3 Å². The van der Waals surface area contributed by atoms with Gasteiger partial charge in [-0.1, -0.05) is 41.9 Å². The average Bonchev–Trinajstić information content (AvgIpc) is 2.62. The van der Waals surface area contributed by atoms with E-state index in [1.165, 1.54) is 11.8 Å². The van der Waals surface area contributed by atoms with E-state index in [9.17, 15) is 4.79 Å². The minimum Gasteiger partial charge on any atom is -0.376 e. The van der Waals surface area contributed by atoms with Gasteiger partial charge in [0.05, 0.1) is 16.2 Å². The quantitative estimate of drug-likeness (QED) is 0.847. The van der Waals surface area contributed by atoms with Crippen LogP contribution in [0.1, 0.15) is 49.0 Å². The molecular formula is C21H25ClN2O2. The summed E-state index contributed by atoms with van der Waals surface area (Å²) in [6.45, 7) is 5.59. The molecule has 1 atom stereocenters. The minimum atomic E-state index is -0.174. The van der Waals surface area contributed by atoms with Crippen LogP contribution in [-0.2, 0) is 10.2 Å². The Morgan fingerprint density at radius 3 is 2.73 bits per heavy atom. The maximum absolute atomic E-state index is 12.4. The fourth-order valence-electron chi connectivity index (χ4n) is 3.94. The Hall–Kier alpha value is -1.91. The molecule has 2 aromatic rings. The van der Waals surface area contributed by atoms with Gasteiger partial charge >= 0.3 is 0 Å². The lowest BCUT2D eigenvalue weighted by atomic mass is 9.67. The first-order valence-corrected chi connectivity index (χ1v) is 9.37. The molecule has 0 spiro atoms.